The summed E-state index contributed by atoms with van der Waals surface area (Å²) in [4.78, 5) is 13.3. The van der Waals surface area contributed by atoms with Crippen LogP contribution < -0.4 is 0 Å². The van der Waals surface area contributed by atoms with Crippen LogP contribution in [0.2, 0.25) is 5.02 Å². The summed E-state index contributed by atoms with van der Waals surface area (Å²) in [5.74, 6) is -1.06. The van der Waals surface area contributed by atoms with Gasteiger partial charge in [0.05, 0.1) is 11.1 Å². The summed E-state index contributed by atoms with van der Waals surface area (Å²) in [5, 5.41) is 18.2. The van der Waals surface area contributed by atoms with Crippen LogP contribution in [0.3, 0.4) is 0 Å². The van der Waals surface area contributed by atoms with Gasteiger partial charge in [0, 0.05) is 18.5 Å². The van der Waals surface area contributed by atoms with Gasteiger partial charge in [-0.25, -0.2) is 4.79 Å². The Morgan fingerprint density at radius 3 is 2.77 bits per heavy atom. The van der Waals surface area contributed by atoms with E-state index in [4.69, 9.17) is 16.7 Å². The molecule has 1 heterocycles. The van der Waals surface area contributed by atoms with Crippen molar-refractivity contribution in [2.45, 2.75) is 18.9 Å². The molecule has 70 valence electrons. The van der Waals surface area contributed by atoms with Crippen LogP contribution in [0, 0.1) is 0 Å². The molecule has 1 atom stereocenters. The number of carboxylic acids is 1. The number of aromatic carboxylic acids is 1. The Balaban J connectivity index is 2.47. The summed E-state index contributed by atoms with van der Waals surface area (Å²) in [7, 11) is 0. The van der Waals surface area contributed by atoms with E-state index >= 15 is 0 Å². The van der Waals surface area contributed by atoms with Crippen molar-refractivity contribution in [3.8, 4) is 0 Å². The number of H-pyrrole nitrogens is 1. The van der Waals surface area contributed by atoms with Crippen LogP contribution in [-0.4, -0.2) is 27.3 Å². The molecule has 4 nitrogen and oxygen atoms in total. The molecule has 0 spiro atoms. The number of carboxylic acid groups (broad SMARTS) is 1. The van der Waals surface area contributed by atoms with Crippen molar-refractivity contribution in [2.24, 2.45) is 0 Å². The standard InChI is InChI=1S/C8H8ClNO3/c9-6-4-1-3(11)2-5(4)10-7(6)8(12)13/h3,10-11H,1-2H2,(H,12,13)/t3-/m1/s1. The second-order valence-corrected chi connectivity index (χ2v) is 3.52. The van der Waals surface area contributed by atoms with Crippen molar-refractivity contribution < 1.29 is 15.0 Å². The average molecular weight is 202 g/mol. The number of fused-ring (bicyclic) bond motifs is 1. The van der Waals surface area contributed by atoms with Crippen molar-refractivity contribution in [2.75, 3.05) is 0 Å². The van der Waals surface area contributed by atoms with E-state index in [0.717, 1.165) is 11.3 Å². The zero-order chi connectivity index (χ0) is 9.59. The lowest BCUT2D eigenvalue weighted by Gasteiger charge is -1.98. The number of nitrogens with one attached hydrogen (secondary N) is 1. The summed E-state index contributed by atoms with van der Waals surface area (Å²) in [5.41, 5.74) is 1.51. The monoisotopic (exact) mass is 201 g/mol. The zero-order valence-corrected chi connectivity index (χ0v) is 7.43. The lowest BCUT2D eigenvalue weighted by molar-refractivity contribution is 0.0690. The number of rotatable bonds is 1. The summed E-state index contributed by atoms with van der Waals surface area (Å²) in [6, 6.07) is 0. The molecule has 1 aliphatic carbocycles. The molecule has 0 unspecified atom stereocenters. The van der Waals surface area contributed by atoms with Gasteiger partial charge in [-0.1, -0.05) is 11.6 Å². The minimum Gasteiger partial charge on any atom is -0.477 e. The Kier molecular flexibility index (Phi) is 1.82. The van der Waals surface area contributed by atoms with Crippen molar-refractivity contribution in [1.82, 2.24) is 4.98 Å². The number of aromatic amines is 1. The molecule has 1 aromatic heterocycles. The molecular formula is C8H8ClNO3. The zero-order valence-electron chi connectivity index (χ0n) is 6.67. The number of carbonyl (C=O) groups is 1. The number of aliphatic hydroxyl groups excluding tert-OH is 1. The van der Waals surface area contributed by atoms with Crippen LogP contribution in [0.4, 0.5) is 0 Å². The first-order chi connectivity index (χ1) is 6.09. The number of aromatic nitrogens is 1. The fourth-order valence-corrected chi connectivity index (χ4v) is 1.96. The van der Waals surface area contributed by atoms with Gasteiger partial charge in [-0.05, 0) is 5.56 Å². The van der Waals surface area contributed by atoms with E-state index in [9.17, 15) is 9.90 Å². The van der Waals surface area contributed by atoms with Gasteiger partial charge in [0.2, 0.25) is 0 Å². The van der Waals surface area contributed by atoms with Gasteiger partial charge in [0.25, 0.3) is 0 Å². The smallest absolute Gasteiger partial charge is 0.353 e. The molecule has 0 aromatic carbocycles. The van der Waals surface area contributed by atoms with Gasteiger partial charge >= 0.3 is 5.97 Å². The molecule has 2 rings (SSSR count). The van der Waals surface area contributed by atoms with E-state index in [1.165, 1.54) is 0 Å². The second-order valence-electron chi connectivity index (χ2n) is 3.14. The van der Waals surface area contributed by atoms with Gasteiger partial charge in [0.15, 0.2) is 0 Å². The Morgan fingerprint density at radius 1 is 1.54 bits per heavy atom. The van der Waals surface area contributed by atoms with Crippen LogP contribution in [0.1, 0.15) is 21.7 Å². The van der Waals surface area contributed by atoms with Gasteiger partial charge in [-0.3, -0.25) is 0 Å². The van der Waals surface area contributed by atoms with E-state index in [2.05, 4.69) is 4.98 Å². The molecule has 3 N–H and O–H groups in total. The lowest BCUT2D eigenvalue weighted by Crippen LogP contribution is -2.07. The molecule has 1 aliphatic rings. The highest BCUT2D eigenvalue weighted by Crippen LogP contribution is 2.31. The molecule has 0 saturated heterocycles. The van der Waals surface area contributed by atoms with Gasteiger partial charge < -0.3 is 15.2 Å². The van der Waals surface area contributed by atoms with Crippen molar-refractivity contribution in [1.29, 1.82) is 0 Å². The van der Waals surface area contributed by atoms with E-state index in [1.54, 1.807) is 0 Å². The van der Waals surface area contributed by atoms with Gasteiger partial charge in [-0.15, -0.1) is 0 Å². The van der Waals surface area contributed by atoms with E-state index in [0.29, 0.717) is 12.8 Å². The van der Waals surface area contributed by atoms with E-state index in [-0.39, 0.29) is 10.7 Å². The maximum atomic E-state index is 10.6. The van der Waals surface area contributed by atoms with Gasteiger partial charge in [0.1, 0.15) is 5.69 Å². The summed E-state index contributed by atoms with van der Waals surface area (Å²) in [6.45, 7) is 0. The Labute approximate surface area is 79.1 Å². The minimum absolute atomic E-state index is 0.0265. The average Bonchev–Trinajstić information content (AvgIpc) is 2.51. The largest absolute Gasteiger partial charge is 0.477 e. The summed E-state index contributed by atoms with van der Waals surface area (Å²) >= 11 is 5.81. The summed E-state index contributed by atoms with van der Waals surface area (Å²) in [6.07, 6.45) is 0.474. The van der Waals surface area contributed by atoms with Crippen molar-refractivity contribution in [3.05, 3.63) is 22.0 Å². The fraction of sp³-hybridized carbons (Fsp3) is 0.375. The van der Waals surface area contributed by atoms with Crippen LogP contribution in [0.5, 0.6) is 0 Å². The molecule has 0 fully saturated rings. The van der Waals surface area contributed by atoms with Crippen molar-refractivity contribution >= 4 is 17.6 Å². The van der Waals surface area contributed by atoms with Crippen LogP contribution in [0.15, 0.2) is 0 Å². The van der Waals surface area contributed by atoms with Crippen LogP contribution in [-0.2, 0) is 12.8 Å². The maximum Gasteiger partial charge on any atom is 0.353 e. The molecule has 13 heavy (non-hydrogen) atoms. The van der Waals surface area contributed by atoms with E-state index < -0.39 is 12.1 Å². The number of aliphatic hydroxyl groups is 1. The maximum absolute atomic E-state index is 10.6. The molecule has 0 saturated carbocycles. The van der Waals surface area contributed by atoms with Crippen LogP contribution >= 0.6 is 11.6 Å². The van der Waals surface area contributed by atoms with Gasteiger partial charge in [-0.2, -0.15) is 0 Å². The fourth-order valence-electron chi connectivity index (χ4n) is 1.64. The number of halogens is 1. The first-order valence-corrected chi connectivity index (χ1v) is 4.28. The number of hydrogen-bond acceptors (Lipinski definition) is 2. The SMILES string of the molecule is O=C(O)c1[nH]c2c(c1Cl)C[C@@H](O)C2. The predicted octanol–water partition coefficient (Wildman–Crippen LogP) is 0.826. The molecule has 0 bridgehead atoms. The molecule has 0 amide bonds. The highest BCUT2D eigenvalue weighted by molar-refractivity contribution is 6.34. The Morgan fingerprint density at radius 2 is 2.23 bits per heavy atom. The molecule has 0 aliphatic heterocycles. The third-order valence-corrected chi connectivity index (χ3v) is 2.64. The lowest BCUT2D eigenvalue weighted by atomic mass is 10.2. The minimum atomic E-state index is -1.06. The highest BCUT2D eigenvalue weighted by Gasteiger charge is 2.28. The third-order valence-electron chi connectivity index (χ3n) is 2.22. The predicted molar refractivity (Wildman–Crippen MR) is 46.2 cm³/mol. The second kappa shape index (κ2) is 2.75. The Bertz CT molecular complexity index is 372. The summed E-state index contributed by atoms with van der Waals surface area (Å²) < 4.78 is 0. The quantitative estimate of drug-likeness (QED) is 0.630. The van der Waals surface area contributed by atoms with Crippen molar-refractivity contribution in [3.63, 3.8) is 0 Å². The van der Waals surface area contributed by atoms with Crippen LogP contribution in [0.25, 0.3) is 0 Å². The molecule has 5 heteroatoms. The molecular weight excluding hydrogens is 194 g/mol. The normalized spacial score (nSPS) is 20.3. The topological polar surface area (TPSA) is 73.3 Å². The van der Waals surface area contributed by atoms with E-state index in [1.807, 2.05) is 0 Å². The highest BCUT2D eigenvalue weighted by atomic mass is 35.5. The molecule has 1 aromatic rings. The first kappa shape index (κ1) is 8.59. The number of hydrogen-bond donors (Lipinski definition) is 3. The third kappa shape index (κ3) is 1.22. The first-order valence-electron chi connectivity index (χ1n) is 3.90. The molecule has 0 radical (unpaired) electrons. The Hall–Kier alpha value is -1.00.